The molecule has 0 amide bonds. The van der Waals surface area contributed by atoms with Gasteiger partial charge in [-0.3, -0.25) is 0 Å². The highest BCUT2D eigenvalue weighted by Crippen LogP contribution is 2.63. The van der Waals surface area contributed by atoms with Gasteiger partial charge in [-0.2, -0.15) is 0 Å². The molecule has 1 aliphatic rings. The smallest absolute Gasteiger partial charge is 0.0470 e. The van der Waals surface area contributed by atoms with E-state index in [9.17, 15) is 5.11 Å². The minimum absolute atomic E-state index is 0.288. The predicted octanol–water partition coefficient (Wildman–Crippen LogP) is 2.42. The normalized spacial score (nSPS) is 30.1. The molecule has 1 heteroatoms. The van der Waals surface area contributed by atoms with Crippen molar-refractivity contribution < 1.29 is 5.11 Å². The monoisotopic (exact) mass is 176 g/mol. The molecule has 1 aliphatic carbocycles. The van der Waals surface area contributed by atoms with Crippen LogP contribution < -0.4 is 0 Å². The van der Waals surface area contributed by atoms with Gasteiger partial charge in [-0.05, 0) is 22.8 Å². The minimum Gasteiger partial charge on any atom is -0.396 e. The Bertz CT molecular complexity index is 289. The quantitative estimate of drug-likeness (QED) is 0.733. The Morgan fingerprint density at radius 1 is 1.23 bits per heavy atom. The molecule has 0 bridgehead atoms. The van der Waals surface area contributed by atoms with Gasteiger partial charge in [-0.25, -0.2) is 0 Å². The number of benzene rings is 1. The third-order valence-electron chi connectivity index (χ3n) is 3.41. The van der Waals surface area contributed by atoms with Gasteiger partial charge in [0.05, 0.1) is 0 Å². The van der Waals surface area contributed by atoms with Gasteiger partial charge in [0.15, 0.2) is 0 Å². The maximum absolute atomic E-state index is 9.17. The highest BCUT2D eigenvalue weighted by molar-refractivity contribution is 5.31. The van der Waals surface area contributed by atoms with Crippen LogP contribution in [-0.4, -0.2) is 11.7 Å². The molecule has 70 valence electrons. The molecule has 0 aliphatic heterocycles. The first-order valence-corrected chi connectivity index (χ1v) is 4.83. The summed E-state index contributed by atoms with van der Waals surface area (Å²) in [7, 11) is 0. The minimum atomic E-state index is 0.288. The van der Waals surface area contributed by atoms with Gasteiger partial charge < -0.3 is 5.11 Å². The molecule has 2 unspecified atom stereocenters. The van der Waals surface area contributed by atoms with Gasteiger partial charge in [0.1, 0.15) is 0 Å². The molecular weight excluding hydrogens is 160 g/mol. The van der Waals surface area contributed by atoms with Crippen molar-refractivity contribution in [2.24, 2.45) is 11.3 Å². The van der Waals surface area contributed by atoms with E-state index in [2.05, 4.69) is 38.1 Å². The molecular formula is C12H16O. The molecule has 1 fully saturated rings. The molecule has 2 rings (SSSR count). The number of hydrogen-bond acceptors (Lipinski definition) is 1. The van der Waals surface area contributed by atoms with Crippen molar-refractivity contribution in [2.45, 2.75) is 19.8 Å². The second kappa shape index (κ2) is 2.85. The van der Waals surface area contributed by atoms with Crippen molar-refractivity contribution in [3.05, 3.63) is 35.9 Å². The van der Waals surface area contributed by atoms with E-state index in [1.807, 2.05) is 6.07 Å². The molecule has 0 saturated heterocycles. The van der Waals surface area contributed by atoms with Crippen molar-refractivity contribution >= 4 is 0 Å². The lowest BCUT2D eigenvalue weighted by molar-refractivity contribution is 0.257. The number of aliphatic hydroxyl groups excluding tert-OH is 1. The molecule has 1 aromatic carbocycles. The fraction of sp³-hybridized carbons (Fsp3) is 0.500. The first kappa shape index (κ1) is 8.76. The van der Waals surface area contributed by atoms with Gasteiger partial charge >= 0.3 is 0 Å². The van der Waals surface area contributed by atoms with Crippen LogP contribution in [0.5, 0.6) is 0 Å². The number of aliphatic hydroxyl groups is 1. The van der Waals surface area contributed by atoms with Crippen LogP contribution >= 0.6 is 0 Å². The molecule has 0 heterocycles. The van der Waals surface area contributed by atoms with Gasteiger partial charge in [0.2, 0.25) is 0 Å². The average molecular weight is 176 g/mol. The fourth-order valence-corrected chi connectivity index (χ4v) is 2.41. The van der Waals surface area contributed by atoms with E-state index >= 15 is 0 Å². The lowest BCUT2D eigenvalue weighted by Gasteiger charge is -2.01. The van der Waals surface area contributed by atoms with Crippen LogP contribution in [-0.2, 0) is 0 Å². The van der Waals surface area contributed by atoms with E-state index in [1.165, 1.54) is 5.56 Å². The van der Waals surface area contributed by atoms with Crippen LogP contribution in [0.25, 0.3) is 0 Å². The largest absolute Gasteiger partial charge is 0.396 e. The Morgan fingerprint density at radius 3 is 2.31 bits per heavy atom. The zero-order valence-corrected chi connectivity index (χ0v) is 8.20. The Morgan fingerprint density at radius 2 is 1.85 bits per heavy atom. The van der Waals surface area contributed by atoms with E-state index in [-0.39, 0.29) is 5.41 Å². The van der Waals surface area contributed by atoms with Crippen molar-refractivity contribution in [3.8, 4) is 0 Å². The van der Waals surface area contributed by atoms with Crippen LogP contribution in [0.1, 0.15) is 25.3 Å². The molecule has 1 nitrogen and oxygen atoms in total. The number of hydrogen-bond donors (Lipinski definition) is 1. The number of rotatable bonds is 2. The maximum atomic E-state index is 9.17. The molecule has 13 heavy (non-hydrogen) atoms. The summed E-state index contributed by atoms with van der Waals surface area (Å²) < 4.78 is 0. The lowest BCUT2D eigenvalue weighted by Crippen LogP contribution is -1.93. The van der Waals surface area contributed by atoms with Gasteiger partial charge in [-0.15, -0.1) is 0 Å². The second-order valence-electron chi connectivity index (χ2n) is 4.50. The fourth-order valence-electron chi connectivity index (χ4n) is 2.41. The summed E-state index contributed by atoms with van der Waals surface area (Å²) in [5.41, 5.74) is 1.65. The SMILES string of the molecule is CC1(C)C(CO)C1c1ccccc1. The Labute approximate surface area is 79.4 Å². The van der Waals surface area contributed by atoms with Crippen molar-refractivity contribution in [2.75, 3.05) is 6.61 Å². The standard InChI is InChI=1S/C12H16O/c1-12(2)10(8-13)11(12)9-6-4-3-5-7-9/h3-7,10-11,13H,8H2,1-2H3. The van der Waals surface area contributed by atoms with E-state index in [0.717, 1.165) is 0 Å². The Balaban J connectivity index is 2.22. The summed E-state index contributed by atoms with van der Waals surface area (Å²) in [6, 6.07) is 10.5. The van der Waals surface area contributed by atoms with Crippen molar-refractivity contribution in [3.63, 3.8) is 0 Å². The molecule has 0 spiro atoms. The van der Waals surface area contributed by atoms with E-state index in [1.54, 1.807) is 0 Å². The third-order valence-corrected chi connectivity index (χ3v) is 3.41. The summed E-state index contributed by atoms with van der Waals surface area (Å²) in [6.07, 6.45) is 0. The Kier molecular flexibility index (Phi) is 1.92. The third kappa shape index (κ3) is 1.28. The average Bonchev–Trinajstić information content (AvgIpc) is 2.69. The molecule has 1 saturated carbocycles. The van der Waals surface area contributed by atoms with E-state index in [4.69, 9.17) is 0 Å². The van der Waals surface area contributed by atoms with Crippen LogP contribution in [0.2, 0.25) is 0 Å². The van der Waals surface area contributed by atoms with Crippen LogP contribution in [0, 0.1) is 11.3 Å². The molecule has 2 atom stereocenters. The first-order valence-electron chi connectivity index (χ1n) is 4.83. The van der Waals surface area contributed by atoms with Crippen molar-refractivity contribution in [1.29, 1.82) is 0 Å². The van der Waals surface area contributed by atoms with E-state index in [0.29, 0.717) is 18.4 Å². The van der Waals surface area contributed by atoms with E-state index < -0.39 is 0 Å². The zero-order valence-electron chi connectivity index (χ0n) is 8.20. The highest BCUT2D eigenvalue weighted by atomic mass is 16.3. The topological polar surface area (TPSA) is 20.2 Å². The first-order chi connectivity index (χ1) is 6.18. The van der Waals surface area contributed by atoms with Gasteiger partial charge in [0.25, 0.3) is 0 Å². The molecule has 0 aromatic heterocycles. The van der Waals surface area contributed by atoms with Gasteiger partial charge in [-0.1, -0.05) is 44.2 Å². The highest BCUT2D eigenvalue weighted by Gasteiger charge is 2.57. The van der Waals surface area contributed by atoms with Crippen LogP contribution in [0.15, 0.2) is 30.3 Å². The van der Waals surface area contributed by atoms with Crippen molar-refractivity contribution in [1.82, 2.24) is 0 Å². The lowest BCUT2D eigenvalue weighted by atomic mass is 10.0. The summed E-state index contributed by atoms with van der Waals surface area (Å²) in [6.45, 7) is 4.77. The molecule has 0 radical (unpaired) electrons. The zero-order chi connectivity index (χ0) is 9.47. The predicted molar refractivity (Wildman–Crippen MR) is 53.5 cm³/mol. The van der Waals surface area contributed by atoms with Crippen LogP contribution in [0.4, 0.5) is 0 Å². The molecule has 1 N–H and O–H groups in total. The maximum Gasteiger partial charge on any atom is 0.0470 e. The Hall–Kier alpha value is -0.820. The van der Waals surface area contributed by atoms with Crippen LogP contribution in [0.3, 0.4) is 0 Å². The summed E-state index contributed by atoms with van der Waals surface area (Å²) in [5, 5.41) is 9.17. The second-order valence-corrected chi connectivity index (χ2v) is 4.50. The summed E-state index contributed by atoms with van der Waals surface area (Å²) >= 11 is 0. The summed E-state index contributed by atoms with van der Waals surface area (Å²) in [5.74, 6) is 1.01. The van der Waals surface area contributed by atoms with Gasteiger partial charge in [0, 0.05) is 6.61 Å². The summed E-state index contributed by atoms with van der Waals surface area (Å²) in [4.78, 5) is 0. The molecule has 1 aromatic rings.